The minimum absolute atomic E-state index is 0.126. The second-order valence-corrected chi connectivity index (χ2v) is 9.98. The number of alkyl halides is 3. The lowest BCUT2D eigenvalue weighted by molar-refractivity contribution is -0.137. The van der Waals surface area contributed by atoms with E-state index in [1.807, 2.05) is 19.1 Å². The van der Waals surface area contributed by atoms with Crippen molar-refractivity contribution in [2.24, 2.45) is 5.73 Å². The van der Waals surface area contributed by atoms with E-state index < -0.39 is 17.6 Å². The van der Waals surface area contributed by atoms with Gasteiger partial charge in [-0.1, -0.05) is 12.1 Å². The first-order valence-corrected chi connectivity index (χ1v) is 13.9. The van der Waals surface area contributed by atoms with Gasteiger partial charge in [0.25, 0.3) is 5.91 Å². The molecule has 0 saturated carbocycles. The molecule has 0 aliphatic carbocycles. The van der Waals surface area contributed by atoms with Crippen LogP contribution in [0.2, 0.25) is 0 Å². The lowest BCUT2D eigenvalue weighted by Gasteiger charge is -2.21. The Hall–Kier alpha value is -5.57. The zero-order valence-corrected chi connectivity index (χ0v) is 24.1. The number of nitrogens with zero attached hydrogens (tertiary/aromatic N) is 6. The highest BCUT2D eigenvalue weighted by atomic mass is 19.4. The number of pyridine rings is 1. The number of carbonyl (C=O) groups excluding carboxylic acids is 1. The number of amides is 1. The Bertz CT molecular complexity index is 1800. The van der Waals surface area contributed by atoms with E-state index in [1.54, 1.807) is 35.5 Å². The van der Waals surface area contributed by atoms with Gasteiger partial charge in [-0.05, 0) is 61.4 Å². The molecule has 12 nitrogen and oxygen atoms in total. The second-order valence-electron chi connectivity index (χ2n) is 9.98. The molecule has 3 aromatic heterocycles. The number of carbonyl (C=O) groups is 1. The number of nitrogen functional groups attached to an aromatic ring is 1. The van der Waals surface area contributed by atoms with Gasteiger partial charge in [-0.25, -0.2) is 15.0 Å². The van der Waals surface area contributed by atoms with Crippen molar-refractivity contribution in [2.75, 3.05) is 46.3 Å². The largest absolute Gasteiger partial charge is 0.416 e. The second kappa shape index (κ2) is 13.4. The maximum atomic E-state index is 13.1. The summed E-state index contributed by atoms with van der Waals surface area (Å²) < 4.78 is 39.4. The first-order valence-electron chi connectivity index (χ1n) is 13.9. The van der Waals surface area contributed by atoms with Crippen molar-refractivity contribution in [2.45, 2.75) is 19.5 Å². The van der Waals surface area contributed by atoms with Crippen molar-refractivity contribution in [3.05, 3.63) is 90.0 Å². The molecule has 3 heterocycles. The molecule has 0 bridgehead atoms. The number of anilines is 6. The van der Waals surface area contributed by atoms with E-state index in [4.69, 9.17) is 11.5 Å². The lowest BCUT2D eigenvalue weighted by Crippen LogP contribution is -2.33. The van der Waals surface area contributed by atoms with E-state index >= 15 is 0 Å². The minimum atomic E-state index is -4.57. The summed E-state index contributed by atoms with van der Waals surface area (Å²) in [5, 5.41) is 9.18. The van der Waals surface area contributed by atoms with Crippen molar-refractivity contribution in [1.82, 2.24) is 24.9 Å². The molecule has 15 heteroatoms. The molecule has 0 radical (unpaired) electrons. The topological polar surface area (TPSA) is 173 Å². The number of nitrogens with one attached hydrogen (secondary N) is 3. The van der Waals surface area contributed by atoms with Crippen LogP contribution >= 0.6 is 0 Å². The predicted octanol–water partition coefficient (Wildman–Crippen LogP) is 4.94. The number of aromatic nitrogens is 5. The molecule has 5 rings (SSSR count). The van der Waals surface area contributed by atoms with Crippen molar-refractivity contribution in [3.8, 4) is 0 Å². The number of nitrogens with two attached hydrogens (primary N) is 2. The summed E-state index contributed by atoms with van der Waals surface area (Å²) in [6, 6.07) is 13.0. The molecule has 0 fully saturated rings. The quantitative estimate of drug-likeness (QED) is 0.100. The number of benzene rings is 2. The Morgan fingerprint density at radius 2 is 1.78 bits per heavy atom. The van der Waals surface area contributed by atoms with E-state index in [1.165, 1.54) is 18.5 Å². The summed E-state index contributed by atoms with van der Waals surface area (Å²) in [6.45, 7) is 3.21. The molecule has 0 atom stereocenters. The fourth-order valence-corrected chi connectivity index (χ4v) is 4.44. The average molecular weight is 618 g/mol. The number of hydrogen-bond acceptors (Lipinski definition) is 11. The van der Waals surface area contributed by atoms with Gasteiger partial charge in [0.1, 0.15) is 17.4 Å². The van der Waals surface area contributed by atoms with Crippen LogP contribution in [0.4, 0.5) is 47.8 Å². The normalized spacial score (nSPS) is 11.3. The monoisotopic (exact) mass is 617 g/mol. The van der Waals surface area contributed by atoms with Gasteiger partial charge >= 0.3 is 6.18 Å². The van der Waals surface area contributed by atoms with Gasteiger partial charge in [-0.2, -0.15) is 18.2 Å². The van der Waals surface area contributed by atoms with E-state index in [2.05, 4.69) is 40.9 Å². The van der Waals surface area contributed by atoms with Crippen LogP contribution in [0.25, 0.3) is 11.0 Å². The maximum Gasteiger partial charge on any atom is 0.416 e. The highest BCUT2D eigenvalue weighted by molar-refractivity contribution is 6.04. The summed E-state index contributed by atoms with van der Waals surface area (Å²) in [5.74, 6) is 0.0956. The summed E-state index contributed by atoms with van der Waals surface area (Å²) in [5.41, 5.74) is 14.6. The first-order chi connectivity index (χ1) is 21.6. The number of halogens is 3. The van der Waals surface area contributed by atoms with Gasteiger partial charge in [0.2, 0.25) is 5.95 Å². The number of fused-ring (bicyclic) bond motifs is 1. The number of aryl methyl sites for hydroxylation is 1. The van der Waals surface area contributed by atoms with Crippen LogP contribution in [0.1, 0.15) is 27.9 Å². The van der Waals surface area contributed by atoms with Gasteiger partial charge < -0.3 is 32.3 Å². The fraction of sp³-hybridized carbons (Fsp3) is 0.200. The Labute approximate surface area is 256 Å². The van der Waals surface area contributed by atoms with E-state index in [9.17, 15) is 18.0 Å². The molecule has 0 spiro atoms. The average Bonchev–Trinajstić information content (AvgIpc) is 3.03. The molecule has 0 unspecified atom stereocenters. The van der Waals surface area contributed by atoms with E-state index in [0.29, 0.717) is 47.3 Å². The fourth-order valence-electron chi connectivity index (χ4n) is 4.44. The molecule has 5 aromatic rings. The molecule has 2 aromatic carbocycles. The lowest BCUT2D eigenvalue weighted by atomic mass is 10.1. The summed E-state index contributed by atoms with van der Waals surface area (Å²) in [6.07, 6.45) is 0.910. The Balaban J connectivity index is 1.35. The van der Waals surface area contributed by atoms with E-state index in [0.717, 1.165) is 29.8 Å². The Kier molecular flexibility index (Phi) is 9.18. The SMILES string of the molecule is Cc1ccc(NC(=O)c2cccc(C(F)(F)F)c2)cc1Nc1ncnc2c(N)nc(N(CN)CCCNc3ccncc3)nc12. The molecule has 1 amide bonds. The molecule has 45 heavy (non-hydrogen) atoms. The molecule has 0 aliphatic heterocycles. The molecule has 7 N–H and O–H groups in total. The van der Waals surface area contributed by atoms with Gasteiger partial charge in [-0.15, -0.1) is 0 Å². The molecule has 0 aliphatic rings. The maximum absolute atomic E-state index is 13.1. The molecule has 232 valence electrons. The van der Waals surface area contributed by atoms with Crippen molar-refractivity contribution >= 4 is 51.6 Å². The first kappa shape index (κ1) is 30.9. The smallest absolute Gasteiger partial charge is 0.385 e. The molecule has 0 saturated heterocycles. The van der Waals surface area contributed by atoms with Gasteiger partial charge in [0.15, 0.2) is 11.6 Å². The van der Waals surface area contributed by atoms with Crippen LogP contribution in [-0.2, 0) is 6.18 Å². The van der Waals surface area contributed by atoms with Crippen LogP contribution in [-0.4, -0.2) is 50.6 Å². The third-order valence-corrected chi connectivity index (χ3v) is 6.82. The summed E-state index contributed by atoms with van der Waals surface area (Å²) in [7, 11) is 0. The molecular formula is C30H30F3N11O. The van der Waals surface area contributed by atoms with Gasteiger partial charge in [0.05, 0.1) is 12.2 Å². The third kappa shape index (κ3) is 7.51. The van der Waals surface area contributed by atoms with Crippen LogP contribution < -0.4 is 32.3 Å². The zero-order valence-electron chi connectivity index (χ0n) is 24.1. The van der Waals surface area contributed by atoms with Crippen LogP contribution in [0, 0.1) is 6.92 Å². The third-order valence-electron chi connectivity index (χ3n) is 6.82. The van der Waals surface area contributed by atoms with Crippen molar-refractivity contribution in [3.63, 3.8) is 0 Å². The standard InChI is InChI=1S/C30H30F3N11O/c1-18-6-7-22(40-28(45)19-4-2-5-20(14-19)30(31,32)33)15-23(18)41-27-25-24(38-17-39-27)26(35)43-29(42-25)44(16-34)13-3-10-37-21-8-11-36-12-9-21/h2,4-9,11-12,14-15,17H,3,10,13,16,34H2,1H3,(H,36,37)(H,40,45)(H2,35,42,43)(H,38,39,41). The zero-order chi connectivity index (χ0) is 32.0. The van der Waals surface area contributed by atoms with Crippen LogP contribution in [0.5, 0.6) is 0 Å². The Morgan fingerprint density at radius 3 is 2.53 bits per heavy atom. The van der Waals surface area contributed by atoms with Crippen LogP contribution in [0.15, 0.2) is 73.3 Å². The van der Waals surface area contributed by atoms with Crippen LogP contribution in [0.3, 0.4) is 0 Å². The molecular weight excluding hydrogens is 587 g/mol. The highest BCUT2D eigenvalue weighted by Crippen LogP contribution is 2.31. The number of hydrogen-bond donors (Lipinski definition) is 5. The van der Waals surface area contributed by atoms with Gasteiger partial charge in [0, 0.05) is 48.1 Å². The van der Waals surface area contributed by atoms with Crippen molar-refractivity contribution in [1.29, 1.82) is 0 Å². The Morgan fingerprint density at radius 1 is 0.978 bits per heavy atom. The van der Waals surface area contributed by atoms with Crippen molar-refractivity contribution < 1.29 is 18.0 Å². The number of rotatable bonds is 11. The van der Waals surface area contributed by atoms with E-state index in [-0.39, 0.29) is 18.1 Å². The minimum Gasteiger partial charge on any atom is -0.385 e. The summed E-state index contributed by atoms with van der Waals surface area (Å²) >= 11 is 0. The predicted molar refractivity (Wildman–Crippen MR) is 167 cm³/mol. The van der Waals surface area contributed by atoms with Gasteiger partial charge in [-0.3, -0.25) is 9.78 Å². The highest BCUT2D eigenvalue weighted by Gasteiger charge is 2.31. The summed E-state index contributed by atoms with van der Waals surface area (Å²) in [4.78, 5) is 36.3.